The quantitative estimate of drug-likeness (QED) is 0.482. The van der Waals surface area contributed by atoms with Crippen LogP contribution >= 0.6 is 0 Å². The third-order valence-corrected chi connectivity index (χ3v) is 7.92. The van der Waals surface area contributed by atoms with E-state index in [1.54, 1.807) is 38.2 Å². The first-order valence-electron chi connectivity index (χ1n) is 12.5. The van der Waals surface area contributed by atoms with Crippen molar-refractivity contribution in [1.82, 2.24) is 19.7 Å². The second kappa shape index (κ2) is 8.34. The molecule has 2 fully saturated rings. The van der Waals surface area contributed by atoms with Crippen LogP contribution in [0.5, 0.6) is 0 Å². The summed E-state index contributed by atoms with van der Waals surface area (Å²) in [5, 5.41) is 17.7. The Kier molecular flexibility index (Phi) is 5.49. The van der Waals surface area contributed by atoms with Crippen LogP contribution in [0.25, 0.3) is 0 Å². The first-order valence-corrected chi connectivity index (χ1v) is 12.5. The molecule has 0 spiro atoms. The van der Waals surface area contributed by atoms with E-state index in [0.29, 0.717) is 42.7 Å². The SMILES string of the molecule is Cn1cnnc1C(F)C1(c2cccc(N3Cc4c(cc(CN5CC(C)(O)C5)cc4C(F)(F)F)C3=O)c2)CC1. The van der Waals surface area contributed by atoms with Crippen LogP contribution in [0.15, 0.2) is 42.7 Å². The summed E-state index contributed by atoms with van der Waals surface area (Å²) < 4.78 is 59.4. The molecule has 1 amide bonds. The lowest BCUT2D eigenvalue weighted by molar-refractivity contribution is -0.138. The highest BCUT2D eigenvalue weighted by molar-refractivity contribution is 6.10. The van der Waals surface area contributed by atoms with Crippen LogP contribution in [-0.2, 0) is 31.7 Å². The Morgan fingerprint density at radius 1 is 1.16 bits per heavy atom. The fourth-order valence-electron chi connectivity index (χ4n) is 5.88. The number of β-amino-alcohol motifs (C(OH)–C–C–N with tert-alkyl or cyclic N) is 1. The van der Waals surface area contributed by atoms with Crippen molar-refractivity contribution >= 4 is 11.6 Å². The van der Waals surface area contributed by atoms with Crippen LogP contribution in [0, 0.1) is 0 Å². The number of anilines is 1. The van der Waals surface area contributed by atoms with Gasteiger partial charge < -0.3 is 14.6 Å². The lowest BCUT2D eigenvalue weighted by atomic mass is 9.90. The molecule has 7 nitrogen and oxygen atoms in total. The largest absolute Gasteiger partial charge is 0.416 e. The molecule has 1 N–H and O–H groups in total. The highest BCUT2D eigenvalue weighted by Crippen LogP contribution is 2.58. The van der Waals surface area contributed by atoms with Gasteiger partial charge in [-0.05, 0) is 60.7 Å². The second-order valence-electron chi connectivity index (χ2n) is 11.1. The Labute approximate surface area is 216 Å². The van der Waals surface area contributed by atoms with E-state index in [4.69, 9.17) is 0 Å². The van der Waals surface area contributed by atoms with Gasteiger partial charge in [0.1, 0.15) is 6.33 Å². The molecule has 3 aromatic rings. The summed E-state index contributed by atoms with van der Waals surface area (Å²) in [6.07, 6.45) is -3.43. The van der Waals surface area contributed by atoms with Crippen LogP contribution < -0.4 is 4.90 Å². The molecule has 2 aromatic carbocycles. The standard InChI is InChI=1S/C27H27F4N5O2/c1-25(38)13-35(14-25)11-16-8-19-20(21(9-16)27(29,30)31)12-36(24(19)37)18-5-3-4-17(10-18)26(6-7-26)22(28)23-33-32-15-34(23)2/h3-5,8-10,15,22,38H,6-7,11-14H2,1-2H3. The number of nitrogens with zero attached hydrogens (tertiary/aromatic N) is 5. The molecule has 1 aromatic heterocycles. The van der Waals surface area contributed by atoms with Gasteiger partial charge in [0.15, 0.2) is 12.0 Å². The lowest BCUT2D eigenvalue weighted by Gasteiger charge is -2.44. The van der Waals surface area contributed by atoms with E-state index in [2.05, 4.69) is 10.2 Å². The number of hydrogen-bond donors (Lipinski definition) is 1. The molecule has 0 bridgehead atoms. The molecule has 0 radical (unpaired) electrons. The number of benzene rings is 2. The molecule has 2 aliphatic heterocycles. The fourth-order valence-corrected chi connectivity index (χ4v) is 5.88. The van der Waals surface area contributed by atoms with E-state index in [1.807, 2.05) is 4.90 Å². The third-order valence-electron chi connectivity index (χ3n) is 7.92. The highest BCUT2D eigenvalue weighted by atomic mass is 19.4. The molecule has 3 heterocycles. The number of hydrogen-bond acceptors (Lipinski definition) is 5. The number of amides is 1. The van der Waals surface area contributed by atoms with Gasteiger partial charge in [-0.2, -0.15) is 13.2 Å². The number of halogens is 4. The van der Waals surface area contributed by atoms with Crippen LogP contribution in [0.3, 0.4) is 0 Å². The monoisotopic (exact) mass is 529 g/mol. The Bertz CT molecular complexity index is 1420. The van der Waals surface area contributed by atoms with Gasteiger partial charge in [0.2, 0.25) is 0 Å². The van der Waals surface area contributed by atoms with Gasteiger partial charge in [-0.3, -0.25) is 9.69 Å². The fraction of sp³-hybridized carbons (Fsp3) is 0.444. The number of likely N-dealkylation sites (tertiary alicyclic amines) is 1. The second-order valence-corrected chi connectivity index (χ2v) is 11.1. The van der Waals surface area contributed by atoms with Crippen molar-refractivity contribution in [3.8, 4) is 0 Å². The molecule has 1 atom stereocenters. The molecular weight excluding hydrogens is 502 g/mol. The van der Waals surface area contributed by atoms with Gasteiger partial charge >= 0.3 is 6.18 Å². The molecule has 1 saturated heterocycles. The average molecular weight is 530 g/mol. The average Bonchev–Trinajstić information content (AvgIpc) is 3.44. The van der Waals surface area contributed by atoms with E-state index in [0.717, 1.165) is 6.07 Å². The molecule has 200 valence electrons. The Balaban J connectivity index is 1.31. The van der Waals surface area contributed by atoms with Crippen molar-refractivity contribution < 1.29 is 27.5 Å². The van der Waals surface area contributed by atoms with Gasteiger partial charge in [0.25, 0.3) is 5.91 Å². The van der Waals surface area contributed by atoms with Gasteiger partial charge in [-0.1, -0.05) is 12.1 Å². The lowest BCUT2D eigenvalue weighted by Crippen LogP contribution is -2.59. The number of aromatic nitrogens is 3. The van der Waals surface area contributed by atoms with Gasteiger partial charge in [0.05, 0.1) is 17.7 Å². The Morgan fingerprint density at radius 3 is 2.50 bits per heavy atom. The summed E-state index contributed by atoms with van der Waals surface area (Å²) >= 11 is 0. The van der Waals surface area contributed by atoms with E-state index in [9.17, 15) is 23.1 Å². The molecular formula is C27H27F4N5O2. The maximum absolute atomic E-state index is 15.6. The summed E-state index contributed by atoms with van der Waals surface area (Å²) in [5.74, 6) is -0.307. The van der Waals surface area contributed by atoms with Gasteiger partial charge in [-0.25, -0.2) is 4.39 Å². The van der Waals surface area contributed by atoms with Crippen molar-refractivity contribution in [2.75, 3.05) is 18.0 Å². The molecule has 1 unspecified atom stereocenters. The van der Waals surface area contributed by atoms with E-state index in [1.165, 1.54) is 21.9 Å². The van der Waals surface area contributed by atoms with Crippen molar-refractivity contribution in [3.05, 3.63) is 76.4 Å². The molecule has 1 saturated carbocycles. The van der Waals surface area contributed by atoms with E-state index >= 15 is 4.39 Å². The number of rotatable bonds is 6. The minimum Gasteiger partial charge on any atom is -0.388 e. The van der Waals surface area contributed by atoms with Gasteiger partial charge in [-0.15, -0.1) is 10.2 Å². The van der Waals surface area contributed by atoms with Crippen LogP contribution in [0.4, 0.5) is 23.2 Å². The number of alkyl halides is 4. The zero-order chi connectivity index (χ0) is 27.0. The number of aryl methyl sites for hydroxylation is 1. The first-order chi connectivity index (χ1) is 17.9. The molecule has 38 heavy (non-hydrogen) atoms. The smallest absolute Gasteiger partial charge is 0.388 e. The zero-order valence-electron chi connectivity index (χ0n) is 21.0. The summed E-state index contributed by atoms with van der Waals surface area (Å²) in [7, 11) is 1.67. The predicted molar refractivity (Wildman–Crippen MR) is 130 cm³/mol. The van der Waals surface area contributed by atoms with Crippen LogP contribution in [0.1, 0.15) is 64.4 Å². The number of fused-ring (bicyclic) bond motifs is 1. The molecule has 6 rings (SSSR count). The number of aliphatic hydroxyl groups is 1. The maximum Gasteiger partial charge on any atom is 0.416 e. The zero-order valence-corrected chi connectivity index (χ0v) is 21.0. The number of carbonyl (C=O) groups is 1. The summed E-state index contributed by atoms with van der Waals surface area (Å²) in [4.78, 5) is 16.6. The Morgan fingerprint density at radius 2 is 1.89 bits per heavy atom. The highest BCUT2D eigenvalue weighted by Gasteiger charge is 2.54. The first kappa shape index (κ1) is 25.0. The summed E-state index contributed by atoms with van der Waals surface area (Å²) in [6.45, 7) is 2.36. The molecule has 3 aliphatic rings. The van der Waals surface area contributed by atoms with Crippen LogP contribution in [0.2, 0.25) is 0 Å². The Hall–Kier alpha value is -3.31. The normalized spacial score (nSPS) is 20.8. The minimum atomic E-state index is -4.63. The predicted octanol–water partition coefficient (Wildman–Crippen LogP) is 4.30. The minimum absolute atomic E-state index is 0.0242. The summed E-state index contributed by atoms with van der Waals surface area (Å²) in [5.41, 5.74) is -1.05. The van der Waals surface area contributed by atoms with Crippen molar-refractivity contribution in [3.63, 3.8) is 0 Å². The van der Waals surface area contributed by atoms with Crippen molar-refractivity contribution in [2.45, 2.75) is 56.2 Å². The molecule has 11 heteroatoms. The van der Waals surface area contributed by atoms with Crippen molar-refractivity contribution in [1.29, 1.82) is 0 Å². The van der Waals surface area contributed by atoms with Crippen LogP contribution in [-0.4, -0.2) is 49.4 Å². The van der Waals surface area contributed by atoms with Gasteiger partial charge in [0, 0.05) is 43.3 Å². The topological polar surface area (TPSA) is 74.5 Å². The molecule has 1 aliphatic carbocycles. The third kappa shape index (κ3) is 4.08. The summed E-state index contributed by atoms with van der Waals surface area (Å²) in [6, 6.07) is 9.49. The van der Waals surface area contributed by atoms with E-state index in [-0.39, 0.29) is 30.0 Å². The number of carbonyl (C=O) groups excluding carboxylic acids is 1. The maximum atomic E-state index is 15.6. The van der Waals surface area contributed by atoms with Crippen molar-refractivity contribution in [2.24, 2.45) is 7.05 Å². The van der Waals surface area contributed by atoms with E-state index < -0.39 is 34.8 Å².